The van der Waals surface area contributed by atoms with Crippen molar-refractivity contribution < 1.29 is 33.4 Å². The van der Waals surface area contributed by atoms with Crippen LogP contribution in [0.4, 0.5) is 9.52 Å². The first kappa shape index (κ1) is 23.7. The zero-order valence-corrected chi connectivity index (χ0v) is 20.4. The van der Waals surface area contributed by atoms with Crippen molar-refractivity contribution in [2.24, 2.45) is 0 Å². The molecule has 2 unspecified atom stereocenters. The number of ketones is 1. The van der Waals surface area contributed by atoms with Gasteiger partial charge in [0.05, 0.1) is 24.4 Å². The maximum absolute atomic E-state index is 13.7. The number of aliphatic hydroxyl groups excluding tert-OH is 1. The van der Waals surface area contributed by atoms with E-state index in [9.17, 15) is 23.9 Å². The largest absolute Gasteiger partial charge is 0.507 e. The van der Waals surface area contributed by atoms with Crippen LogP contribution in [0.15, 0.2) is 48.0 Å². The molecule has 0 spiro atoms. The number of hydrogen-bond donors (Lipinski definition) is 1. The minimum Gasteiger partial charge on any atom is -0.507 e. The number of benzene rings is 2. The number of carbonyl (C=O) groups is 3. The molecule has 10 heteroatoms. The lowest BCUT2D eigenvalue weighted by molar-refractivity contribution is -0.132. The molecule has 8 nitrogen and oxygen atoms in total. The van der Waals surface area contributed by atoms with Crippen LogP contribution in [0, 0.1) is 12.7 Å². The van der Waals surface area contributed by atoms with E-state index in [0.717, 1.165) is 21.8 Å². The molecule has 0 bridgehead atoms. The number of rotatable bonds is 4. The second-order valence-corrected chi connectivity index (χ2v) is 9.56. The Morgan fingerprint density at radius 2 is 1.94 bits per heavy atom. The van der Waals surface area contributed by atoms with Gasteiger partial charge in [0, 0.05) is 12.0 Å². The molecule has 0 radical (unpaired) electrons. The molecule has 0 saturated carbocycles. The Bertz CT molecular complexity index is 1450. The van der Waals surface area contributed by atoms with Crippen LogP contribution in [0.5, 0.6) is 5.75 Å². The zero-order valence-electron chi connectivity index (χ0n) is 19.6. The highest BCUT2D eigenvalue weighted by Crippen LogP contribution is 2.44. The predicted molar refractivity (Wildman–Crippen MR) is 130 cm³/mol. The molecule has 184 valence electrons. The van der Waals surface area contributed by atoms with E-state index in [1.54, 1.807) is 25.1 Å². The number of thiazole rings is 1. The number of hydrogen-bond acceptors (Lipinski definition) is 8. The summed E-state index contributed by atoms with van der Waals surface area (Å²) in [6.07, 6.45) is 0.625. The number of aromatic nitrogens is 1. The number of methoxy groups -OCH3 is 1. The average molecular weight is 509 g/mol. The van der Waals surface area contributed by atoms with Crippen LogP contribution < -0.4 is 9.64 Å². The third-order valence-corrected chi connectivity index (χ3v) is 7.30. The highest BCUT2D eigenvalue weighted by molar-refractivity contribution is 7.17. The van der Waals surface area contributed by atoms with Crippen molar-refractivity contribution in [3.8, 4) is 5.75 Å². The number of aliphatic hydroxyl groups is 1. The SMILES string of the molecule is COC(=O)c1sc(N2C(=O)C(=O)/C(=C(\O)c3ccc4c(c3)CC(C)O4)C2c2ccc(F)cc2)nc1C. The molecule has 1 N–H and O–H groups in total. The molecule has 1 saturated heterocycles. The molecule has 1 aromatic heterocycles. The van der Waals surface area contributed by atoms with Gasteiger partial charge in [-0.1, -0.05) is 23.5 Å². The van der Waals surface area contributed by atoms with E-state index in [2.05, 4.69) is 4.98 Å². The first-order chi connectivity index (χ1) is 17.2. The minimum atomic E-state index is -1.09. The summed E-state index contributed by atoms with van der Waals surface area (Å²) in [7, 11) is 1.23. The third kappa shape index (κ3) is 3.83. The Morgan fingerprint density at radius 1 is 1.22 bits per heavy atom. The Morgan fingerprint density at radius 3 is 2.64 bits per heavy atom. The lowest BCUT2D eigenvalue weighted by atomic mass is 9.94. The van der Waals surface area contributed by atoms with Crippen LogP contribution in [0.2, 0.25) is 0 Å². The molecule has 3 heterocycles. The van der Waals surface area contributed by atoms with Crippen LogP contribution in [-0.4, -0.2) is 41.0 Å². The summed E-state index contributed by atoms with van der Waals surface area (Å²) in [6.45, 7) is 3.52. The van der Waals surface area contributed by atoms with E-state index in [1.807, 2.05) is 6.92 Å². The Kier molecular flexibility index (Phi) is 5.83. The highest BCUT2D eigenvalue weighted by Gasteiger charge is 2.48. The van der Waals surface area contributed by atoms with Crippen molar-refractivity contribution in [3.05, 3.63) is 81.1 Å². The first-order valence-electron chi connectivity index (χ1n) is 11.1. The smallest absolute Gasteiger partial charge is 0.350 e. The van der Waals surface area contributed by atoms with Crippen LogP contribution in [0.25, 0.3) is 5.76 Å². The maximum atomic E-state index is 13.7. The minimum absolute atomic E-state index is 0.0145. The molecule has 1 amide bonds. The van der Waals surface area contributed by atoms with E-state index >= 15 is 0 Å². The maximum Gasteiger partial charge on any atom is 0.350 e. The second-order valence-electron chi connectivity index (χ2n) is 8.58. The standard InChI is InChI=1S/C26H21FN2O6S/c1-12-10-16-11-15(6-9-18(16)35-12)21(30)19-20(14-4-7-17(27)8-5-14)29(24(32)22(19)31)26-28-13(2)23(36-26)25(33)34-3/h4-9,11-12,20,30H,10H2,1-3H3/b21-19-. The zero-order chi connectivity index (χ0) is 25.7. The van der Waals surface area contributed by atoms with Crippen LogP contribution in [-0.2, 0) is 20.7 Å². The molecule has 36 heavy (non-hydrogen) atoms. The first-order valence-corrected chi connectivity index (χ1v) is 11.9. The topological polar surface area (TPSA) is 106 Å². The number of esters is 1. The van der Waals surface area contributed by atoms with Gasteiger partial charge in [-0.3, -0.25) is 14.5 Å². The van der Waals surface area contributed by atoms with E-state index in [-0.39, 0.29) is 27.4 Å². The van der Waals surface area contributed by atoms with Gasteiger partial charge in [0.25, 0.3) is 5.78 Å². The fourth-order valence-electron chi connectivity index (χ4n) is 4.48. The van der Waals surface area contributed by atoms with Gasteiger partial charge in [-0.05, 0) is 55.3 Å². The molecule has 2 aliphatic rings. The number of nitrogens with zero attached hydrogens (tertiary/aromatic N) is 2. The summed E-state index contributed by atoms with van der Waals surface area (Å²) < 4.78 is 24.2. The summed E-state index contributed by atoms with van der Waals surface area (Å²) in [6, 6.07) is 9.25. The van der Waals surface area contributed by atoms with Crippen LogP contribution in [0.1, 0.15) is 45.0 Å². The lowest BCUT2D eigenvalue weighted by Gasteiger charge is -2.23. The van der Waals surface area contributed by atoms with E-state index in [1.165, 1.54) is 31.4 Å². The molecule has 3 aromatic rings. The summed E-state index contributed by atoms with van der Waals surface area (Å²) in [5.41, 5.74) is 1.78. The summed E-state index contributed by atoms with van der Waals surface area (Å²) >= 11 is 0.895. The quantitative estimate of drug-likeness (QED) is 0.242. The number of fused-ring (bicyclic) bond motifs is 1. The second kappa shape index (κ2) is 8.87. The average Bonchev–Trinajstić information content (AvgIpc) is 3.50. The van der Waals surface area contributed by atoms with Gasteiger partial charge in [0.1, 0.15) is 28.3 Å². The van der Waals surface area contributed by atoms with Gasteiger partial charge in [0.2, 0.25) is 0 Å². The molecule has 0 aliphatic carbocycles. The molecule has 2 aromatic carbocycles. The Labute approximate surface area is 209 Å². The number of Topliss-reactive ketones (excluding diaryl/α,β-unsaturated/α-hetero) is 1. The van der Waals surface area contributed by atoms with E-state index in [0.29, 0.717) is 29.0 Å². The third-order valence-electron chi connectivity index (χ3n) is 6.16. The number of amides is 1. The van der Waals surface area contributed by atoms with Crippen molar-refractivity contribution in [2.45, 2.75) is 32.4 Å². The fourth-order valence-corrected chi connectivity index (χ4v) is 5.49. The number of halogens is 1. The summed E-state index contributed by atoms with van der Waals surface area (Å²) in [4.78, 5) is 44.4. The monoisotopic (exact) mass is 508 g/mol. The normalized spacial score (nSPS) is 20.4. The van der Waals surface area contributed by atoms with Crippen molar-refractivity contribution in [1.82, 2.24) is 4.98 Å². The van der Waals surface area contributed by atoms with Crippen molar-refractivity contribution >= 4 is 39.9 Å². The molecule has 2 atom stereocenters. The number of anilines is 1. The molecular formula is C26H21FN2O6S. The highest BCUT2D eigenvalue weighted by atomic mass is 32.1. The molecule has 5 rings (SSSR count). The van der Waals surface area contributed by atoms with Gasteiger partial charge in [-0.2, -0.15) is 0 Å². The van der Waals surface area contributed by atoms with Gasteiger partial charge >= 0.3 is 11.9 Å². The van der Waals surface area contributed by atoms with E-state index < -0.39 is 29.5 Å². The predicted octanol–water partition coefficient (Wildman–Crippen LogP) is 4.33. The van der Waals surface area contributed by atoms with Gasteiger partial charge in [0.15, 0.2) is 5.13 Å². The van der Waals surface area contributed by atoms with Crippen LogP contribution >= 0.6 is 11.3 Å². The number of aryl methyl sites for hydroxylation is 1. The van der Waals surface area contributed by atoms with Gasteiger partial charge < -0.3 is 14.6 Å². The van der Waals surface area contributed by atoms with Gasteiger partial charge in [-0.25, -0.2) is 14.2 Å². The molecule has 1 fully saturated rings. The van der Waals surface area contributed by atoms with E-state index in [4.69, 9.17) is 9.47 Å². The van der Waals surface area contributed by atoms with Gasteiger partial charge in [-0.15, -0.1) is 0 Å². The van der Waals surface area contributed by atoms with Crippen molar-refractivity contribution in [2.75, 3.05) is 12.0 Å². The lowest BCUT2D eigenvalue weighted by Crippen LogP contribution is -2.29. The summed E-state index contributed by atoms with van der Waals surface area (Å²) in [5, 5.41) is 11.4. The Hall–Kier alpha value is -4.05. The summed E-state index contributed by atoms with van der Waals surface area (Å²) in [5.74, 6) is -2.63. The fraction of sp³-hybridized carbons (Fsp3) is 0.231. The Balaban J connectivity index is 1.68. The number of ether oxygens (including phenoxy) is 2. The number of carbonyl (C=O) groups excluding carboxylic acids is 3. The van der Waals surface area contributed by atoms with Crippen molar-refractivity contribution in [3.63, 3.8) is 0 Å². The van der Waals surface area contributed by atoms with Crippen LogP contribution in [0.3, 0.4) is 0 Å². The molecule has 2 aliphatic heterocycles. The van der Waals surface area contributed by atoms with Crippen molar-refractivity contribution in [1.29, 1.82) is 0 Å². The molecular weight excluding hydrogens is 487 g/mol.